The number of ketones is 1. The molecule has 4 atom stereocenters. The number of carbonyl (C=O) groups is 4. The zero-order valence-electron chi connectivity index (χ0n) is 44.1. The predicted molar refractivity (Wildman–Crippen MR) is 278 cm³/mol. The molecule has 396 valence electrons. The number of unbranched alkanes of at least 4 members (excludes halogenated alkanes) is 10. The molecule has 1 heterocycles. The van der Waals surface area contributed by atoms with Gasteiger partial charge in [-0.25, -0.2) is 19.7 Å². The predicted octanol–water partition coefficient (Wildman–Crippen LogP) is 12.8. The first kappa shape index (κ1) is 60.1. The van der Waals surface area contributed by atoms with Crippen molar-refractivity contribution in [2.45, 2.75) is 183 Å². The molecule has 0 aliphatic heterocycles. The smallest absolute Gasteiger partial charge is 0.349 e. The third-order valence-electron chi connectivity index (χ3n) is 12.3. The number of carboxylic acid groups (broad SMARTS) is 1. The fraction of sp³-hybridized carbons (Fsp3) is 0.561. The molecule has 0 spiro atoms. The lowest BCUT2D eigenvalue weighted by Gasteiger charge is -2.27. The standard InChI is InChI=1S/C41H45N3O12.C9H20.C7H16/c1-23(45)24(2)55-30-12-14-32(34(46)20-30)39-42-36(17-26-8-10-29(52-4)11-9-26)43-40(44-39)33-15-13-31(21-35(33)47)56-25(3)41(51)54-22-53-38(50)19-28-7-5-6-27(16-28)18-37(48)49;1-3-5-7-9-8-6-4-2;1-3-5-7-6-4-2/h8-15,20-21,24-25,27-28,46-47H,5-7,16-19,22H2,1-4H3,(H,48,49);3-9H2,1-2H3;3-7H2,1-2H3. The van der Waals surface area contributed by atoms with Crippen LogP contribution in [0.2, 0.25) is 0 Å². The molecule has 4 aromatic rings. The molecule has 0 radical (unpaired) electrons. The number of aromatic nitrogens is 3. The second-order valence-corrected chi connectivity index (χ2v) is 18.5. The van der Waals surface area contributed by atoms with Crippen molar-refractivity contribution in [1.29, 1.82) is 0 Å². The van der Waals surface area contributed by atoms with E-state index < -0.39 is 36.9 Å². The minimum atomic E-state index is -1.14. The Labute approximate surface area is 427 Å². The second kappa shape index (κ2) is 33.4. The van der Waals surface area contributed by atoms with Gasteiger partial charge in [0.1, 0.15) is 34.6 Å². The van der Waals surface area contributed by atoms with E-state index in [-0.39, 0.29) is 82.7 Å². The Kier molecular flexibility index (Phi) is 27.9. The van der Waals surface area contributed by atoms with Crippen molar-refractivity contribution >= 4 is 23.7 Å². The molecular weight excluding hydrogens is 919 g/mol. The van der Waals surface area contributed by atoms with Crippen LogP contribution >= 0.6 is 0 Å². The van der Waals surface area contributed by atoms with Crippen LogP contribution in [-0.4, -0.2) is 80.1 Å². The minimum Gasteiger partial charge on any atom is -0.507 e. The maximum Gasteiger partial charge on any atom is 0.349 e. The van der Waals surface area contributed by atoms with Crippen molar-refractivity contribution < 1.29 is 58.2 Å². The quantitative estimate of drug-likeness (QED) is 0.0288. The Balaban J connectivity index is 0.000000734. The lowest BCUT2D eigenvalue weighted by Crippen LogP contribution is -2.28. The van der Waals surface area contributed by atoms with E-state index in [1.165, 1.54) is 115 Å². The molecule has 15 nitrogen and oxygen atoms in total. The summed E-state index contributed by atoms with van der Waals surface area (Å²) in [4.78, 5) is 61.5. The number of Topliss-reactive ketones (excluding diaryl/α,β-unsaturated/α-hetero) is 1. The number of hydrogen-bond donors (Lipinski definition) is 3. The highest BCUT2D eigenvalue weighted by molar-refractivity contribution is 5.80. The summed E-state index contributed by atoms with van der Waals surface area (Å²) in [5.74, 6) is -1.20. The summed E-state index contributed by atoms with van der Waals surface area (Å²) < 4.78 is 26.8. The number of rotatable bonds is 27. The Hall–Kier alpha value is -6.25. The minimum absolute atomic E-state index is 0.0144. The topological polar surface area (TPSA) is 214 Å². The molecule has 1 aliphatic carbocycles. The number of phenolic OH excluding ortho intramolecular Hbond substituents is 2. The van der Waals surface area contributed by atoms with Crippen LogP contribution in [0, 0.1) is 11.8 Å². The van der Waals surface area contributed by atoms with Gasteiger partial charge in [0.05, 0.1) is 18.2 Å². The maximum absolute atomic E-state index is 12.6. The molecule has 5 rings (SSSR count). The van der Waals surface area contributed by atoms with Gasteiger partial charge in [-0.15, -0.1) is 0 Å². The summed E-state index contributed by atoms with van der Waals surface area (Å²) in [6.07, 6.45) is 18.7. The Bertz CT molecular complexity index is 2240. The van der Waals surface area contributed by atoms with Gasteiger partial charge in [0.15, 0.2) is 29.6 Å². The molecule has 1 saturated carbocycles. The van der Waals surface area contributed by atoms with E-state index in [0.717, 1.165) is 24.8 Å². The summed E-state index contributed by atoms with van der Waals surface area (Å²) in [5.41, 5.74) is 1.32. The number of carboxylic acids is 1. The third kappa shape index (κ3) is 22.4. The molecule has 0 saturated heterocycles. The number of ether oxygens (including phenoxy) is 5. The second-order valence-electron chi connectivity index (χ2n) is 18.5. The van der Waals surface area contributed by atoms with E-state index in [9.17, 15) is 29.4 Å². The molecule has 15 heteroatoms. The fourth-order valence-electron chi connectivity index (χ4n) is 8.05. The monoisotopic (exact) mass is 1000 g/mol. The van der Waals surface area contributed by atoms with Gasteiger partial charge in [-0.05, 0) is 93.8 Å². The van der Waals surface area contributed by atoms with Gasteiger partial charge in [-0.1, -0.05) is 123 Å². The zero-order valence-corrected chi connectivity index (χ0v) is 44.1. The number of methoxy groups -OCH3 is 1. The van der Waals surface area contributed by atoms with Crippen LogP contribution in [0.1, 0.15) is 175 Å². The molecule has 0 amide bonds. The van der Waals surface area contributed by atoms with Crippen LogP contribution in [0.15, 0.2) is 60.7 Å². The summed E-state index contributed by atoms with van der Waals surface area (Å²) in [7, 11) is 1.57. The van der Waals surface area contributed by atoms with Gasteiger partial charge < -0.3 is 39.0 Å². The van der Waals surface area contributed by atoms with Crippen LogP contribution in [0.5, 0.6) is 28.7 Å². The van der Waals surface area contributed by atoms with E-state index in [1.54, 1.807) is 38.3 Å². The first-order chi connectivity index (χ1) is 34.6. The Morgan fingerprint density at radius 2 is 1.10 bits per heavy atom. The van der Waals surface area contributed by atoms with E-state index in [2.05, 4.69) is 42.6 Å². The van der Waals surface area contributed by atoms with Crippen molar-refractivity contribution in [3.05, 3.63) is 72.1 Å². The lowest BCUT2D eigenvalue weighted by molar-refractivity contribution is -0.172. The molecule has 1 fully saturated rings. The summed E-state index contributed by atoms with van der Waals surface area (Å²) in [6.45, 7) is 12.9. The van der Waals surface area contributed by atoms with E-state index in [0.29, 0.717) is 18.0 Å². The highest BCUT2D eigenvalue weighted by Crippen LogP contribution is 2.36. The van der Waals surface area contributed by atoms with Gasteiger partial charge in [-0.2, -0.15) is 0 Å². The maximum atomic E-state index is 12.6. The van der Waals surface area contributed by atoms with Crippen molar-refractivity contribution in [2.75, 3.05) is 13.9 Å². The number of aromatic hydroxyl groups is 2. The first-order valence-corrected chi connectivity index (χ1v) is 26.0. The van der Waals surface area contributed by atoms with Crippen molar-refractivity contribution in [1.82, 2.24) is 15.0 Å². The van der Waals surface area contributed by atoms with Crippen molar-refractivity contribution in [3.8, 4) is 51.5 Å². The molecule has 3 aromatic carbocycles. The lowest BCUT2D eigenvalue weighted by atomic mass is 9.78. The van der Waals surface area contributed by atoms with Gasteiger partial charge in [0.2, 0.25) is 6.79 Å². The van der Waals surface area contributed by atoms with Crippen molar-refractivity contribution in [2.24, 2.45) is 11.8 Å². The van der Waals surface area contributed by atoms with Crippen LogP contribution < -0.4 is 14.2 Å². The number of phenols is 2. The van der Waals surface area contributed by atoms with Crippen LogP contribution in [0.25, 0.3) is 22.8 Å². The van der Waals surface area contributed by atoms with Crippen LogP contribution in [0.4, 0.5) is 0 Å². The normalized spacial score (nSPS) is 14.8. The molecular formula is C57H81N3O12. The van der Waals surface area contributed by atoms with E-state index in [4.69, 9.17) is 28.8 Å². The molecule has 1 aromatic heterocycles. The summed E-state index contributed by atoms with van der Waals surface area (Å²) in [5, 5.41) is 31.2. The number of nitrogens with zero attached hydrogens (tertiary/aromatic N) is 3. The highest BCUT2D eigenvalue weighted by Gasteiger charge is 2.27. The molecule has 3 N–H and O–H groups in total. The fourth-order valence-corrected chi connectivity index (χ4v) is 8.05. The molecule has 72 heavy (non-hydrogen) atoms. The summed E-state index contributed by atoms with van der Waals surface area (Å²) >= 11 is 0. The molecule has 1 aliphatic rings. The van der Waals surface area contributed by atoms with E-state index >= 15 is 0 Å². The van der Waals surface area contributed by atoms with Gasteiger partial charge in [0.25, 0.3) is 0 Å². The Morgan fingerprint density at radius 1 is 0.625 bits per heavy atom. The SMILES string of the molecule is CCCCCCC.CCCCCCCCC.COc1ccc(Cc2nc(-c3ccc(OC(C)C(C)=O)cc3O)nc(-c3ccc(OC(C)C(=O)OCOC(=O)CC4CCCC(CC(=O)O)C4)cc3O)n2)cc1. The highest BCUT2D eigenvalue weighted by atomic mass is 16.7. The Morgan fingerprint density at radius 3 is 1.57 bits per heavy atom. The largest absolute Gasteiger partial charge is 0.507 e. The van der Waals surface area contributed by atoms with Gasteiger partial charge >= 0.3 is 17.9 Å². The van der Waals surface area contributed by atoms with E-state index in [1.807, 2.05) is 12.1 Å². The molecule has 0 bridgehead atoms. The first-order valence-electron chi connectivity index (χ1n) is 26.0. The number of benzene rings is 3. The average molecular weight is 1000 g/mol. The number of aliphatic carboxylic acids is 1. The number of hydrogen-bond acceptors (Lipinski definition) is 14. The van der Waals surface area contributed by atoms with Crippen LogP contribution in [-0.2, 0) is 35.1 Å². The third-order valence-corrected chi connectivity index (χ3v) is 12.3. The number of carbonyl (C=O) groups excluding carboxylic acids is 3. The molecule has 4 unspecified atom stereocenters. The number of esters is 2. The zero-order chi connectivity index (χ0) is 52.8. The average Bonchev–Trinajstić information content (AvgIpc) is 3.34. The van der Waals surface area contributed by atoms with Gasteiger partial charge in [0, 0.05) is 31.4 Å². The van der Waals surface area contributed by atoms with Crippen molar-refractivity contribution in [3.63, 3.8) is 0 Å². The summed E-state index contributed by atoms with van der Waals surface area (Å²) in [6, 6.07) is 16.1. The van der Waals surface area contributed by atoms with Crippen LogP contribution in [0.3, 0.4) is 0 Å². The van der Waals surface area contributed by atoms with Gasteiger partial charge in [-0.3, -0.25) is 14.4 Å².